The van der Waals surface area contributed by atoms with Crippen LogP contribution in [0.2, 0.25) is 0 Å². The Morgan fingerprint density at radius 3 is 2.42 bits per heavy atom. The number of anilines is 2. The maximum absolute atomic E-state index is 13.3. The topological polar surface area (TPSA) is 49.4 Å². The van der Waals surface area contributed by atoms with Gasteiger partial charge in [0.05, 0.1) is 0 Å². The zero-order chi connectivity index (χ0) is 17.7. The normalized spacial score (nSPS) is 10.3. The van der Waals surface area contributed by atoms with Crippen LogP contribution in [0.1, 0.15) is 13.3 Å². The summed E-state index contributed by atoms with van der Waals surface area (Å²) in [4.78, 5) is 24.8. The van der Waals surface area contributed by atoms with Gasteiger partial charge in [-0.05, 0) is 30.3 Å². The zero-order valence-corrected chi connectivity index (χ0v) is 12.9. The Balaban J connectivity index is 2.00. The molecule has 0 aliphatic rings. The number of hydrogen-bond acceptors (Lipinski definition) is 2. The van der Waals surface area contributed by atoms with Crippen LogP contribution in [0.25, 0.3) is 0 Å². The van der Waals surface area contributed by atoms with Crippen LogP contribution in [-0.2, 0) is 9.59 Å². The van der Waals surface area contributed by atoms with Crippen molar-refractivity contribution in [2.75, 3.05) is 16.8 Å². The Bertz CT molecular complexity index is 765. The minimum absolute atomic E-state index is 0.0221. The van der Waals surface area contributed by atoms with Crippen molar-refractivity contribution in [3.8, 4) is 0 Å². The number of benzene rings is 2. The summed E-state index contributed by atoms with van der Waals surface area (Å²) >= 11 is 0. The highest BCUT2D eigenvalue weighted by molar-refractivity contribution is 5.94. The highest BCUT2D eigenvalue weighted by Crippen LogP contribution is 2.17. The average molecular weight is 336 g/mol. The fourth-order valence-corrected chi connectivity index (χ4v) is 2.12. The Morgan fingerprint density at radius 1 is 1.04 bits per heavy atom. The molecule has 0 aromatic heterocycles. The lowest BCUT2D eigenvalue weighted by atomic mass is 10.2. The molecule has 0 aliphatic carbocycles. The summed E-state index contributed by atoms with van der Waals surface area (Å²) in [5.74, 6) is -3.41. The predicted molar refractivity (Wildman–Crippen MR) is 84.0 cm³/mol. The number of hydrogen-bond donors (Lipinski definition) is 1. The highest BCUT2D eigenvalue weighted by Gasteiger charge is 2.14. The van der Waals surface area contributed by atoms with Crippen molar-refractivity contribution in [3.63, 3.8) is 0 Å². The van der Waals surface area contributed by atoms with Gasteiger partial charge in [-0.1, -0.05) is 6.07 Å². The molecule has 0 saturated heterocycles. The summed E-state index contributed by atoms with van der Waals surface area (Å²) in [5.41, 5.74) is 0.446. The average Bonchev–Trinajstić information content (AvgIpc) is 2.51. The van der Waals surface area contributed by atoms with E-state index in [0.29, 0.717) is 5.69 Å². The predicted octanol–water partition coefficient (Wildman–Crippen LogP) is 3.49. The van der Waals surface area contributed by atoms with Crippen LogP contribution in [0, 0.1) is 17.5 Å². The van der Waals surface area contributed by atoms with E-state index in [1.54, 1.807) is 6.07 Å². The molecule has 4 nitrogen and oxygen atoms in total. The molecule has 7 heteroatoms. The Morgan fingerprint density at radius 2 is 1.79 bits per heavy atom. The first-order valence-electron chi connectivity index (χ1n) is 7.15. The second-order valence-electron chi connectivity index (χ2n) is 5.08. The fraction of sp³-hybridized carbons (Fsp3) is 0.176. The van der Waals surface area contributed by atoms with Crippen LogP contribution in [0.3, 0.4) is 0 Å². The van der Waals surface area contributed by atoms with Gasteiger partial charge < -0.3 is 10.2 Å². The fourth-order valence-electron chi connectivity index (χ4n) is 2.12. The lowest BCUT2D eigenvalue weighted by Crippen LogP contribution is -2.32. The van der Waals surface area contributed by atoms with Crippen molar-refractivity contribution in [2.45, 2.75) is 13.3 Å². The van der Waals surface area contributed by atoms with Crippen LogP contribution < -0.4 is 10.2 Å². The summed E-state index contributed by atoms with van der Waals surface area (Å²) in [5, 5.41) is 2.41. The summed E-state index contributed by atoms with van der Waals surface area (Å²) in [6, 6.07) is 8.44. The number of rotatable bonds is 5. The van der Waals surface area contributed by atoms with Crippen molar-refractivity contribution in [3.05, 3.63) is 59.9 Å². The number of halogens is 3. The summed E-state index contributed by atoms with van der Waals surface area (Å²) in [6.45, 7) is 1.33. The smallest absolute Gasteiger partial charge is 0.226 e. The lowest BCUT2D eigenvalue weighted by Gasteiger charge is -2.21. The zero-order valence-electron chi connectivity index (χ0n) is 12.9. The third-order valence-corrected chi connectivity index (χ3v) is 3.27. The lowest BCUT2D eigenvalue weighted by molar-refractivity contribution is -0.117. The molecule has 0 bridgehead atoms. The minimum Gasteiger partial charge on any atom is -0.326 e. The molecule has 2 aromatic rings. The third-order valence-electron chi connectivity index (χ3n) is 3.27. The molecule has 126 valence electrons. The van der Waals surface area contributed by atoms with E-state index in [0.717, 1.165) is 12.1 Å². The van der Waals surface area contributed by atoms with Crippen molar-refractivity contribution in [2.24, 2.45) is 0 Å². The number of amides is 2. The summed E-state index contributed by atoms with van der Waals surface area (Å²) in [6.07, 6.45) is -0.0882. The molecule has 0 heterocycles. The van der Waals surface area contributed by atoms with E-state index in [-0.39, 0.29) is 24.6 Å². The highest BCUT2D eigenvalue weighted by atomic mass is 19.2. The quantitative estimate of drug-likeness (QED) is 0.909. The van der Waals surface area contributed by atoms with Crippen LogP contribution in [0.15, 0.2) is 42.5 Å². The van der Waals surface area contributed by atoms with E-state index in [4.69, 9.17) is 0 Å². The van der Waals surface area contributed by atoms with Crippen LogP contribution in [0.5, 0.6) is 0 Å². The van der Waals surface area contributed by atoms with Gasteiger partial charge in [-0.2, -0.15) is 0 Å². The standard InChI is InChI=1S/C17H15F3N2O2/c1-11(23)22(14-4-2-3-12(18)9-14)8-7-17(24)21-13-5-6-15(19)16(20)10-13/h2-6,9-10H,7-8H2,1H3,(H,21,24). The van der Waals surface area contributed by atoms with Gasteiger partial charge in [-0.25, -0.2) is 13.2 Å². The third kappa shape index (κ3) is 4.58. The first kappa shape index (κ1) is 17.5. The molecule has 2 amide bonds. The van der Waals surface area contributed by atoms with Crippen molar-refractivity contribution in [1.82, 2.24) is 0 Å². The number of nitrogens with one attached hydrogen (secondary N) is 1. The SMILES string of the molecule is CC(=O)N(CCC(=O)Nc1ccc(F)c(F)c1)c1cccc(F)c1. The van der Waals surface area contributed by atoms with Gasteiger partial charge in [0.2, 0.25) is 11.8 Å². The van der Waals surface area contributed by atoms with Crippen molar-refractivity contribution >= 4 is 23.2 Å². The van der Waals surface area contributed by atoms with Gasteiger partial charge in [-0.15, -0.1) is 0 Å². The van der Waals surface area contributed by atoms with Gasteiger partial charge in [0.15, 0.2) is 11.6 Å². The molecule has 0 unspecified atom stereocenters. The van der Waals surface area contributed by atoms with Gasteiger partial charge in [0, 0.05) is 37.3 Å². The molecule has 0 spiro atoms. The first-order chi connectivity index (χ1) is 11.4. The van der Waals surface area contributed by atoms with Gasteiger partial charge >= 0.3 is 0 Å². The van der Waals surface area contributed by atoms with Gasteiger partial charge in [0.1, 0.15) is 5.82 Å². The van der Waals surface area contributed by atoms with E-state index in [9.17, 15) is 22.8 Å². The molecule has 0 atom stereocenters. The molecule has 0 fully saturated rings. The maximum Gasteiger partial charge on any atom is 0.226 e. The second kappa shape index (κ2) is 7.63. The second-order valence-corrected chi connectivity index (χ2v) is 5.08. The molecule has 24 heavy (non-hydrogen) atoms. The van der Waals surface area contributed by atoms with E-state index >= 15 is 0 Å². The number of carbonyl (C=O) groups is 2. The molecule has 0 radical (unpaired) electrons. The molecule has 1 N–H and O–H groups in total. The molecular formula is C17H15F3N2O2. The summed E-state index contributed by atoms with van der Waals surface area (Å²) in [7, 11) is 0. The monoisotopic (exact) mass is 336 g/mol. The van der Waals surface area contributed by atoms with E-state index in [1.807, 2.05) is 0 Å². The van der Waals surface area contributed by atoms with Crippen molar-refractivity contribution < 1.29 is 22.8 Å². The molecule has 0 saturated carbocycles. The largest absolute Gasteiger partial charge is 0.326 e. The Hall–Kier alpha value is -2.83. The Kier molecular flexibility index (Phi) is 5.57. The van der Waals surface area contributed by atoms with Crippen LogP contribution in [-0.4, -0.2) is 18.4 Å². The van der Waals surface area contributed by atoms with Gasteiger partial charge in [0.25, 0.3) is 0 Å². The molecule has 0 aliphatic heterocycles. The van der Waals surface area contributed by atoms with Crippen LogP contribution >= 0.6 is 0 Å². The first-order valence-corrected chi connectivity index (χ1v) is 7.15. The van der Waals surface area contributed by atoms with Gasteiger partial charge in [-0.3, -0.25) is 9.59 Å². The molecule has 2 rings (SSSR count). The van der Waals surface area contributed by atoms with E-state index in [1.165, 1.54) is 36.1 Å². The molecule has 2 aromatic carbocycles. The minimum atomic E-state index is -1.07. The van der Waals surface area contributed by atoms with E-state index < -0.39 is 23.4 Å². The van der Waals surface area contributed by atoms with Crippen LogP contribution in [0.4, 0.5) is 24.5 Å². The number of carbonyl (C=O) groups excluding carboxylic acids is 2. The van der Waals surface area contributed by atoms with E-state index in [2.05, 4.69) is 5.32 Å². The number of nitrogens with zero attached hydrogens (tertiary/aromatic N) is 1. The molecular weight excluding hydrogens is 321 g/mol. The van der Waals surface area contributed by atoms with Crippen molar-refractivity contribution in [1.29, 1.82) is 0 Å². The summed E-state index contributed by atoms with van der Waals surface area (Å²) < 4.78 is 39.2. The maximum atomic E-state index is 13.3. The Labute approximate surface area is 136 Å².